The number of hydrogen-bond donors (Lipinski definition) is 0. The second kappa shape index (κ2) is 8.39. The summed E-state index contributed by atoms with van der Waals surface area (Å²) < 4.78 is 13.6. The van der Waals surface area contributed by atoms with Crippen molar-refractivity contribution in [1.29, 1.82) is 0 Å². The van der Waals surface area contributed by atoms with Crippen LogP contribution in [0.15, 0.2) is 48.5 Å². The van der Waals surface area contributed by atoms with E-state index >= 15 is 0 Å². The first kappa shape index (κ1) is 22.6. The van der Waals surface area contributed by atoms with Gasteiger partial charge in [0.25, 0.3) is 11.8 Å². The highest BCUT2D eigenvalue weighted by Gasteiger charge is 2.44. The van der Waals surface area contributed by atoms with Crippen molar-refractivity contribution in [3.8, 4) is 0 Å². The number of hydrogen-bond acceptors (Lipinski definition) is 5. The third-order valence-electron chi connectivity index (χ3n) is 6.26. The quantitative estimate of drug-likeness (QED) is 0.587. The number of carbonyl (C=O) groups excluding carboxylic acids is 2. The highest BCUT2D eigenvalue weighted by atomic mass is 19.1. The van der Waals surface area contributed by atoms with Crippen LogP contribution in [0.2, 0.25) is 0 Å². The molecule has 7 heteroatoms. The number of amides is 2. The first-order chi connectivity index (χ1) is 15.1. The predicted molar refractivity (Wildman–Crippen MR) is 117 cm³/mol. The fourth-order valence-electron chi connectivity index (χ4n) is 4.68. The molecule has 0 bridgehead atoms. The lowest BCUT2D eigenvalue weighted by Crippen LogP contribution is -2.58. The number of fused-ring (bicyclic) bond motifs is 1. The van der Waals surface area contributed by atoms with E-state index in [-0.39, 0.29) is 23.5 Å². The first-order valence-corrected chi connectivity index (χ1v) is 10.9. The van der Waals surface area contributed by atoms with Crippen LogP contribution < -0.4 is 0 Å². The van der Waals surface area contributed by atoms with E-state index in [2.05, 4.69) is 27.7 Å². The number of piperidine rings is 1. The van der Waals surface area contributed by atoms with Gasteiger partial charge in [-0.15, -0.1) is 5.06 Å². The Morgan fingerprint density at radius 1 is 0.906 bits per heavy atom. The Kier molecular flexibility index (Phi) is 5.92. The lowest BCUT2D eigenvalue weighted by atomic mass is 9.82. The van der Waals surface area contributed by atoms with Crippen LogP contribution in [-0.4, -0.2) is 39.6 Å². The molecule has 2 aromatic rings. The molecule has 2 amide bonds. The van der Waals surface area contributed by atoms with Crippen LogP contribution in [-0.2, 0) is 9.68 Å². The van der Waals surface area contributed by atoms with Crippen molar-refractivity contribution in [3.05, 3.63) is 71.0 Å². The van der Waals surface area contributed by atoms with Gasteiger partial charge in [-0.05, 0) is 76.8 Å². The molecule has 1 fully saturated rings. The summed E-state index contributed by atoms with van der Waals surface area (Å²) in [6.07, 6.45) is 2.38. The summed E-state index contributed by atoms with van der Waals surface area (Å²) in [7, 11) is 0. The molecular formula is C25H29FN2O4. The van der Waals surface area contributed by atoms with E-state index in [1.165, 1.54) is 12.1 Å². The lowest BCUT2D eigenvalue weighted by Gasteiger charge is -2.52. The molecule has 0 saturated carbocycles. The molecule has 0 radical (unpaired) electrons. The Balaban J connectivity index is 1.58. The SMILES string of the molecule is CC1(C)CCCC(C)(C)N1OC(CON1C(=O)c2ccccc2C1=O)c1ccc(F)cc1. The van der Waals surface area contributed by atoms with Gasteiger partial charge in [0.05, 0.1) is 11.1 Å². The van der Waals surface area contributed by atoms with Gasteiger partial charge in [0.2, 0.25) is 0 Å². The van der Waals surface area contributed by atoms with Crippen LogP contribution in [0, 0.1) is 5.82 Å². The van der Waals surface area contributed by atoms with Gasteiger partial charge in [-0.25, -0.2) is 4.39 Å². The van der Waals surface area contributed by atoms with Crippen molar-refractivity contribution in [2.45, 2.75) is 64.1 Å². The summed E-state index contributed by atoms with van der Waals surface area (Å²) in [4.78, 5) is 37.6. The molecule has 1 atom stereocenters. The van der Waals surface area contributed by atoms with Crippen molar-refractivity contribution in [3.63, 3.8) is 0 Å². The van der Waals surface area contributed by atoms with Crippen LogP contribution in [0.25, 0.3) is 0 Å². The van der Waals surface area contributed by atoms with E-state index < -0.39 is 17.9 Å². The molecule has 2 aromatic carbocycles. The number of halogens is 1. The molecule has 1 saturated heterocycles. The van der Waals surface area contributed by atoms with Crippen molar-refractivity contribution in [1.82, 2.24) is 10.1 Å². The average molecular weight is 441 g/mol. The molecule has 32 heavy (non-hydrogen) atoms. The minimum Gasteiger partial charge on any atom is -0.287 e. The number of benzene rings is 2. The molecule has 0 N–H and O–H groups in total. The summed E-state index contributed by atoms with van der Waals surface area (Å²) in [6, 6.07) is 12.6. The predicted octanol–water partition coefficient (Wildman–Crippen LogP) is 5.07. The minimum atomic E-state index is -0.642. The maximum atomic E-state index is 13.6. The molecule has 6 nitrogen and oxygen atoms in total. The standard InChI is InChI=1S/C25H29FN2O4/c1-24(2)14-7-15-25(3,4)28(24)32-21(17-10-12-18(26)13-11-17)16-31-27-22(29)19-8-5-6-9-20(19)23(27)30/h5-6,8-13,21H,7,14-16H2,1-4H3. The molecule has 2 aliphatic heterocycles. The van der Waals surface area contributed by atoms with Crippen molar-refractivity contribution >= 4 is 11.8 Å². The smallest absolute Gasteiger partial charge is 0.285 e. The van der Waals surface area contributed by atoms with Crippen LogP contribution >= 0.6 is 0 Å². The van der Waals surface area contributed by atoms with Crippen molar-refractivity contribution in [2.75, 3.05) is 6.61 Å². The Morgan fingerprint density at radius 2 is 1.44 bits per heavy atom. The van der Waals surface area contributed by atoms with E-state index in [0.29, 0.717) is 16.7 Å². The normalized spacial score (nSPS) is 21.0. The van der Waals surface area contributed by atoms with Gasteiger partial charge >= 0.3 is 0 Å². The van der Waals surface area contributed by atoms with E-state index in [9.17, 15) is 14.0 Å². The van der Waals surface area contributed by atoms with Gasteiger partial charge in [-0.1, -0.05) is 24.3 Å². The molecule has 0 spiro atoms. The van der Waals surface area contributed by atoms with Crippen LogP contribution in [0.1, 0.15) is 79.3 Å². The van der Waals surface area contributed by atoms with Crippen LogP contribution in [0.5, 0.6) is 0 Å². The number of rotatable bonds is 6. The third-order valence-corrected chi connectivity index (χ3v) is 6.26. The van der Waals surface area contributed by atoms with Crippen molar-refractivity contribution < 1.29 is 23.7 Å². The summed E-state index contributed by atoms with van der Waals surface area (Å²) in [5, 5.41) is 2.78. The second-order valence-corrected chi connectivity index (χ2v) is 9.66. The Hall–Kier alpha value is -2.61. The highest BCUT2D eigenvalue weighted by Crippen LogP contribution is 2.40. The van der Waals surface area contributed by atoms with E-state index in [0.717, 1.165) is 24.3 Å². The number of carbonyl (C=O) groups is 2. The lowest BCUT2D eigenvalue weighted by molar-refractivity contribution is -0.318. The first-order valence-electron chi connectivity index (χ1n) is 10.9. The van der Waals surface area contributed by atoms with Gasteiger partial charge in [-0.2, -0.15) is 5.06 Å². The summed E-state index contributed by atoms with van der Waals surface area (Å²) >= 11 is 0. The summed E-state index contributed by atoms with van der Waals surface area (Å²) in [5.41, 5.74) is 0.871. The average Bonchev–Trinajstić information content (AvgIpc) is 2.98. The molecule has 2 heterocycles. The van der Waals surface area contributed by atoms with Crippen LogP contribution in [0.3, 0.4) is 0 Å². The zero-order chi connectivity index (χ0) is 23.1. The summed E-state index contributed by atoms with van der Waals surface area (Å²) in [5.74, 6) is -1.35. The zero-order valence-electron chi connectivity index (χ0n) is 18.9. The maximum absolute atomic E-state index is 13.6. The Morgan fingerprint density at radius 3 is 1.97 bits per heavy atom. The molecule has 4 rings (SSSR count). The Bertz CT molecular complexity index is 968. The fraction of sp³-hybridized carbons (Fsp3) is 0.440. The van der Waals surface area contributed by atoms with Gasteiger partial charge in [0.1, 0.15) is 18.5 Å². The zero-order valence-corrected chi connectivity index (χ0v) is 18.9. The minimum absolute atomic E-state index is 0.0836. The second-order valence-electron chi connectivity index (χ2n) is 9.66. The summed E-state index contributed by atoms with van der Waals surface area (Å²) in [6.45, 7) is 8.42. The monoisotopic (exact) mass is 440 g/mol. The van der Waals surface area contributed by atoms with E-state index in [1.807, 2.05) is 5.06 Å². The molecule has 170 valence electrons. The van der Waals surface area contributed by atoms with Gasteiger partial charge < -0.3 is 0 Å². The van der Waals surface area contributed by atoms with Crippen molar-refractivity contribution in [2.24, 2.45) is 0 Å². The molecule has 0 aromatic heterocycles. The number of imide groups is 1. The Labute approximate surface area is 187 Å². The van der Waals surface area contributed by atoms with Gasteiger partial charge in [-0.3, -0.25) is 19.3 Å². The molecule has 2 aliphatic rings. The highest BCUT2D eigenvalue weighted by molar-refractivity contribution is 6.20. The number of nitrogens with zero attached hydrogens (tertiary/aromatic N) is 2. The number of hydroxylamine groups is 4. The molecular weight excluding hydrogens is 411 g/mol. The topological polar surface area (TPSA) is 59.1 Å². The fourth-order valence-corrected chi connectivity index (χ4v) is 4.68. The molecule has 0 aliphatic carbocycles. The van der Waals surface area contributed by atoms with Crippen LogP contribution in [0.4, 0.5) is 4.39 Å². The van der Waals surface area contributed by atoms with E-state index in [1.54, 1.807) is 36.4 Å². The van der Waals surface area contributed by atoms with Gasteiger partial charge in [0.15, 0.2) is 0 Å². The molecule has 1 unspecified atom stereocenters. The largest absolute Gasteiger partial charge is 0.287 e. The maximum Gasteiger partial charge on any atom is 0.285 e. The van der Waals surface area contributed by atoms with E-state index in [4.69, 9.17) is 9.68 Å². The van der Waals surface area contributed by atoms with Gasteiger partial charge in [0, 0.05) is 11.1 Å². The third kappa shape index (κ3) is 4.20.